The number of ether oxygens (including phenoxy) is 3. The van der Waals surface area contributed by atoms with E-state index in [2.05, 4.69) is 45.1 Å². The van der Waals surface area contributed by atoms with Crippen LogP contribution >= 0.6 is 0 Å². The third kappa shape index (κ3) is 50.7. The van der Waals surface area contributed by atoms with Crippen molar-refractivity contribution in [2.45, 2.75) is 309 Å². The summed E-state index contributed by atoms with van der Waals surface area (Å²) in [6.45, 7) is 6.60. The summed E-state index contributed by atoms with van der Waals surface area (Å²) in [4.78, 5) is 37.7. The maximum absolute atomic E-state index is 12.7. The average molecular weight is 887 g/mol. The molecule has 0 aromatic rings. The van der Waals surface area contributed by atoms with E-state index in [1.165, 1.54) is 199 Å². The van der Waals surface area contributed by atoms with E-state index >= 15 is 0 Å². The molecule has 0 saturated carbocycles. The van der Waals surface area contributed by atoms with Gasteiger partial charge in [-0.05, 0) is 51.4 Å². The molecule has 0 amide bonds. The number of carbonyl (C=O) groups is 3. The van der Waals surface area contributed by atoms with Crippen molar-refractivity contribution in [3.63, 3.8) is 0 Å². The third-order valence-corrected chi connectivity index (χ3v) is 12.5. The van der Waals surface area contributed by atoms with E-state index < -0.39 is 6.10 Å². The van der Waals surface area contributed by atoms with Gasteiger partial charge in [0.05, 0.1) is 0 Å². The molecule has 0 heterocycles. The van der Waals surface area contributed by atoms with E-state index in [9.17, 15) is 14.4 Å². The van der Waals surface area contributed by atoms with Gasteiger partial charge in [-0.25, -0.2) is 0 Å². The lowest BCUT2D eigenvalue weighted by Crippen LogP contribution is -2.30. The fourth-order valence-corrected chi connectivity index (χ4v) is 8.24. The molecule has 0 fully saturated rings. The molecular formula is C57H106O6. The Morgan fingerprint density at radius 3 is 0.873 bits per heavy atom. The highest BCUT2D eigenvalue weighted by Crippen LogP contribution is 2.16. The fourth-order valence-electron chi connectivity index (χ4n) is 8.24. The number of allylic oxidation sites excluding steroid dienone is 4. The predicted octanol–water partition coefficient (Wildman–Crippen LogP) is 18.3. The minimum absolute atomic E-state index is 0.0665. The van der Waals surface area contributed by atoms with E-state index in [0.29, 0.717) is 19.3 Å². The van der Waals surface area contributed by atoms with Crippen molar-refractivity contribution in [3.8, 4) is 0 Å². The second kappa shape index (κ2) is 52.5. The topological polar surface area (TPSA) is 78.9 Å². The van der Waals surface area contributed by atoms with Crippen molar-refractivity contribution in [2.75, 3.05) is 13.2 Å². The summed E-state index contributed by atoms with van der Waals surface area (Å²) in [7, 11) is 0. The van der Waals surface area contributed by atoms with E-state index in [0.717, 1.165) is 64.2 Å². The third-order valence-electron chi connectivity index (χ3n) is 12.5. The Morgan fingerprint density at radius 2 is 0.571 bits per heavy atom. The van der Waals surface area contributed by atoms with E-state index in [-0.39, 0.29) is 31.1 Å². The van der Waals surface area contributed by atoms with Gasteiger partial charge < -0.3 is 14.2 Å². The number of carbonyl (C=O) groups excluding carboxylic acids is 3. The molecular weight excluding hydrogens is 781 g/mol. The highest BCUT2D eigenvalue weighted by Gasteiger charge is 2.19. The number of hydrogen-bond acceptors (Lipinski definition) is 6. The quantitative estimate of drug-likeness (QED) is 0.0262. The summed E-state index contributed by atoms with van der Waals surface area (Å²) in [6.07, 6.45) is 60.7. The molecule has 0 radical (unpaired) electrons. The Balaban J connectivity index is 4.00. The van der Waals surface area contributed by atoms with Gasteiger partial charge in [-0.1, -0.05) is 257 Å². The van der Waals surface area contributed by atoms with Gasteiger partial charge in [-0.15, -0.1) is 0 Å². The number of unbranched alkanes of at least 4 members (excludes halogenated alkanes) is 36. The molecule has 1 unspecified atom stereocenters. The largest absolute Gasteiger partial charge is 0.462 e. The van der Waals surface area contributed by atoms with Crippen LogP contribution in [0.25, 0.3) is 0 Å². The van der Waals surface area contributed by atoms with Crippen molar-refractivity contribution in [3.05, 3.63) is 24.3 Å². The number of rotatable bonds is 51. The van der Waals surface area contributed by atoms with Gasteiger partial charge in [0, 0.05) is 19.3 Å². The molecule has 0 bridgehead atoms. The van der Waals surface area contributed by atoms with Gasteiger partial charge in [0.1, 0.15) is 13.2 Å². The molecule has 6 nitrogen and oxygen atoms in total. The molecule has 63 heavy (non-hydrogen) atoms. The van der Waals surface area contributed by atoms with Crippen LogP contribution in [0.4, 0.5) is 0 Å². The van der Waals surface area contributed by atoms with E-state index in [1.54, 1.807) is 0 Å². The predicted molar refractivity (Wildman–Crippen MR) is 270 cm³/mol. The highest BCUT2D eigenvalue weighted by atomic mass is 16.6. The fraction of sp³-hybridized carbons (Fsp3) is 0.877. The summed E-state index contributed by atoms with van der Waals surface area (Å²) in [5.41, 5.74) is 0. The second-order valence-electron chi connectivity index (χ2n) is 18.9. The molecule has 370 valence electrons. The van der Waals surface area contributed by atoms with Crippen LogP contribution in [-0.4, -0.2) is 37.2 Å². The van der Waals surface area contributed by atoms with E-state index in [1.807, 2.05) is 0 Å². The maximum Gasteiger partial charge on any atom is 0.306 e. The Bertz CT molecular complexity index is 1020. The summed E-state index contributed by atoms with van der Waals surface area (Å²) in [5, 5.41) is 0. The van der Waals surface area contributed by atoms with Crippen molar-refractivity contribution >= 4 is 17.9 Å². The normalized spacial score (nSPS) is 12.1. The number of esters is 3. The first-order chi connectivity index (χ1) is 31.0. The molecule has 0 N–H and O–H groups in total. The first-order valence-corrected chi connectivity index (χ1v) is 27.8. The molecule has 0 spiro atoms. The van der Waals surface area contributed by atoms with Crippen molar-refractivity contribution in [1.82, 2.24) is 0 Å². The molecule has 0 aromatic carbocycles. The number of hydrogen-bond donors (Lipinski definition) is 0. The smallest absolute Gasteiger partial charge is 0.306 e. The van der Waals surface area contributed by atoms with Crippen LogP contribution in [0.1, 0.15) is 303 Å². The molecule has 0 aliphatic carbocycles. The lowest BCUT2D eigenvalue weighted by molar-refractivity contribution is -0.167. The molecule has 0 rings (SSSR count). The van der Waals surface area contributed by atoms with Gasteiger partial charge in [0.2, 0.25) is 0 Å². The maximum atomic E-state index is 12.7. The zero-order valence-electron chi connectivity index (χ0n) is 42.4. The first-order valence-electron chi connectivity index (χ1n) is 27.8. The Hall–Kier alpha value is -2.11. The average Bonchev–Trinajstić information content (AvgIpc) is 3.28. The van der Waals surface area contributed by atoms with Crippen LogP contribution in [0.2, 0.25) is 0 Å². The van der Waals surface area contributed by atoms with Gasteiger partial charge in [-0.2, -0.15) is 0 Å². The van der Waals surface area contributed by atoms with Crippen molar-refractivity contribution in [1.29, 1.82) is 0 Å². The Morgan fingerprint density at radius 1 is 0.317 bits per heavy atom. The van der Waals surface area contributed by atoms with Crippen LogP contribution in [0, 0.1) is 0 Å². The first kappa shape index (κ1) is 60.9. The summed E-state index contributed by atoms with van der Waals surface area (Å²) >= 11 is 0. The zero-order chi connectivity index (χ0) is 45.8. The van der Waals surface area contributed by atoms with Gasteiger partial charge in [0.25, 0.3) is 0 Å². The van der Waals surface area contributed by atoms with Gasteiger partial charge >= 0.3 is 17.9 Å². The Kier molecular flexibility index (Phi) is 50.8. The Labute approximate surface area is 392 Å². The summed E-state index contributed by atoms with van der Waals surface area (Å²) < 4.78 is 16.7. The molecule has 0 saturated heterocycles. The molecule has 1 atom stereocenters. The zero-order valence-corrected chi connectivity index (χ0v) is 42.4. The molecule has 6 heteroatoms. The van der Waals surface area contributed by atoms with Crippen LogP contribution in [-0.2, 0) is 28.6 Å². The molecule has 0 aromatic heterocycles. The minimum Gasteiger partial charge on any atom is -0.462 e. The van der Waals surface area contributed by atoms with Crippen LogP contribution < -0.4 is 0 Å². The van der Waals surface area contributed by atoms with Crippen molar-refractivity contribution < 1.29 is 28.6 Å². The van der Waals surface area contributed by atoms with Gasteiger partial charge in [-0.3, -0.25) is 14.4 Å². The molecule has 0 aliphatic rings. The lowest BCUT2D eigenvalue weighted by Gasteiger charge is -2.18. The SMILES string of the molecule is CCCCCCC/C=C\C/C=C\CCCCCCCCCCCCCCCCCC(=O)OCC(COC(=O)CCCCCCCC)OC(=O)CCCCCCCCCCCCCC. The standard InChI is InChI=1S/C57H106O6/c1-4-7-10-13-16-18-20-22-23-24-25-26-27-28-29-30-31-32-33-34-35-36-38-39-41-44-47-50-56(59)62-53-54(52-61-55(58)49-46-43-15-12-9-6-3)63-57(60)51-48-45-42-40-37-21-19-17-14-11-8-5-2/h20,22,24-25,54H,4-19,21,23,26-53H2,1-3H3/b22-20-,25-24-. The summed E-state index contributed by atoms with van der Waals surface area (Å²) in [6, 6.07) is 0. The van der Waals surface area contributed by atoms with Crippen molar-refractivity contribution in [2.24, 2.45) is 0 Å². The van der Waals surface area contributed by atoms with Crippen LogP contribution in [0.5, 0.6) is 0 Å². The summed E-state index contributed by atoms with van der Waals surface area (Å²) in [5.74, 6) is -0.862. The second-order valence-corrected chi connectivity index (χ2v) is 18.9. The highest BCUT2D eigenvalue weighted by molar-refractivity contribution is 5.71. The monoisotopic (exact) mass is 887 g/mol. The van der Waals surface area contributed by atoms with Crippen LogP contribution in [0.3, 0.4) is 0 Å². The minimum atomic E-state index is -0.762. The van der Waals surface area contributed by atoms with Gasteiger partial charge in [0.15, 0.2) is 6.10 Å². The molecule has 0 aliphatic heterocycles. The van der Waals surface area contributed by atoms with E-state index in [4.69, 9.17) is 14.2 Å². The van der Waals surface area contributed by atoms with Crippen LogP contribution in [0.15, 0.2) is 24.3 Å². The lowest BCUT2D eigenvalue weighted by atomic mass is 10.0.